The third kappa shape index (κ3) is 3.47. The molecule has 0 spiro atoms. The Balaban J connectivity index is 2.34. The van der Waals surface area contributed by atoms with Crippen LogP contribution in [0.25, 0.3) is 11.3 Å². The summed E-state index contributed by atoms with van der Waals surface area (Å²) in [6.45, 7) is 4.16. The Bertz CT molecular complexity index is 633. The van der Waals surface area contributed by atoms with Crippen molar-refractivity contribution in [3.63, 3.8) is 0 Å². The molecule has 0 saturated heterocycles. The number of furan rings is 1. The van der Waals surface area contributed by atoms with Crippen LogP contribution in [0.2, 0.25) is 5.02 Å². The maximum absolute atomic E-state index is 6.19. The van der Waals surface area contributed by atoms with Gasteiger partial charge in [0.15, 0.2) is 0 Å². The van der Waals surface area contributed by atoms with E-state index in [1.165, 1.54) is 0 Å². The second kappa shape index (κ2) is 7.41. The van der Waals surface area contributed by atoms with Gasteiger partial charge in [-0.05, 0) is 37.6 Å². The average Bonchev–Trinajstić information content (AvgIpc) is 3.02. The summed E-state index contributed by atoms with van der Waals surface area (Å²) >= 11 is 6.19. The standard InChI is InChI=1S/C18H21ClO3/c1-5-6-7-12(2)14-8-9-15(22-14)13-10-16(20-3)18(19)17(11-13)21-4/h5-6,8-12H,7H2,1-4H3/b6-5-. The quantitative estimate of drug-likeness (QED) is 0.641. The molecule has 0 radical (unpaired) electrons. The molecule has 0 N–H and O–H groups in total. The lowest BCUT2D eigenvalue weighted by Crippen LogP contribution is -1.91. The molecule has 1 aromatic heterocycles. The van der Waals surface area contributed by atoms with Gasteiger partial charge in [0, 0.05) is 11.5 Å². The maximum atomic E-state index is 6.19. The molecule has 2 rings (SSSR count). The molecule has 0 aliphatic rings. The smallest absolute Gasteiger partial charge is 0.141 e. The number of halogens is 1. The summed E-state index contributed by atoms with van der Waals surface area (Å²) in [6.07, 6.45) is 5.15. The molecule has 1 aromatic carbocycles. The van der Waals surface area contributed by atoms with Gasteiger partial charge in [-0.15, -0.1) is 0 Å². The van der Waals surface area contributed by atoms with Crippen LogP contribution in [0.5, 0.6) is 11.5 Å². The average molecular weight is 321 g/mol. The van der Waals surface area contributed by atoms with Crippen molar-refractivity contribution in [2.24, 2.45) is 0 Å². The Labute approximate surface area is 136 Å². The van der Waals surface area contributed by atoms with Crippen LogP contribution in [0.1, 0.15) is 31.9 Å². The van der Waals surface area contributed by atoms with E-state index in [2.05, 4.69) is 19.1 Å². The Morgan fingerprint density at radius 3 is 2.36 bits per heavy atom. The summed E-state index contributed by atoms with van der Waals surface area (Å²) in [5.41, 5.74) is 0.877. The highest BCUT2D eigenvalue weighted by Crippen LogP contribution is 2.39. The molecule has 2 aromatic rings. The minimum Gasteiger partial charge on any atom is -0.495 e. The van der Waals surface area contributed by atoms with Crippen molar-refractivity contribution < 1.29 is 13.9 Å². The normalized spacial score (nSPS) is 12.6. The summed E-state index contributed by atoms with van der Waals surface area (Å²) in [6, 6.07) is 7.68. The molecule has 1 heterocycles. The fourth-order valence-electron chi connectivity index (χ4n) is 2.24. The lowest BCUT2D eigenvalue weighted by molar-refractivity contribution is 0.394. The molecule has 0 aliphatic heterocycles. The Morgan fingerprint density at radius 1 is 1.18 bits per heavy atom. The van der Waals surface area contributed by atoms with Crippen LogP contribution in [0.15, 0.2) is 40.8 Å². The van der Waals surface area contributed by atoms with E-state index >= 15 is 0 Å². The van der Waals surface area contributed by atoms with E-state index < -0.39 is 0 Å². The second-order valence-corrected chi connectivity index (χ2v) is 5.48. The minimum atomic E-state index is 0.334. The van der Waals surface area contributed by atoms with Gasteiger partial charge >= 0.3 is 0 Å². The van der Waals surface area contributed by atoms with Gasteiger partial charge in [0.1, 0.15) is 28.0 Å². The van der Waals surface area contributed by atoms with Crippen molar-refractivity contribution in [1.82, 2.24) is 0 Å². The first-order chi connectivity index (χ1) is 10.6. The first-order valence-electron chi connectivity index (χ1n) is 7.23. The van der Waals surface area contributed by atoms with Crippen molar-refractivity contribution in [1.29, 1.82) is 0 Å². The topological polar surface area (TPSA) is 31.6 Å². The summed E-state index contributed by atoms with van der Waals surface area (Å²) in [4.78, 5) is 0. The van der Waals surface area contributed by atoms with Gasteiger partial charge < -0.3 is 13.9 Å². The molecular weight excluding hydrogens is 300 g/mol. The third-order valence-electron chi connectivity index (χ3n) is 3.57. The molecule has 3 nitrogen and oxygen atoms in total. The summed E-state index contributed by atoms with van der Waals surface area (Å²) in [7, 11) is 3.16. The molecule has 0 bridgehead atoms. The number of allylic oxidation sites excluding steroid dienone is 2. The Kier molecular flexibility index (Phi) is 5.56. The van der Waals surface area contributed by atoms with E-state index in [9.17, 15) is 0 Å². The second-order valence-electron chi connectivity index (χ2n) is 5.10. The van der Waals surface area contributed by atoms with Crippen LogP contribution in [0.3, 0.4) is 0 Å². The van der Waals surface area contributed by atoms with Crippen molar-refractivity contribution in [3.8, 4) is 22.8 Å². The number of methoxy groups -OCH3 is 2. The lowest BCUT2D eigenvalue weighted by Gasteiger charge is -2.10. The van der Waals surface area contributed by atoms with Gasteiger partial charge in [0.25, 0.3) is 0 Å². The zero-order valence-corrected chi connectivity index (χ0v) is 14.1. The number of ether oxygens (including phenoxy) is 2. The fraction of sp³-hybridized carbons (Fsp3) is 0.333. The molecule has 22 heavy (non-hydrogen) atoms. The van der Waals surface area contributed by atoms with E-state index in [1.54, 1.807) is 14.2 Å². The fourth-order valence-corrected chi connectivity index (χ4v) is 2.50. The first-order valence-corrected chi connectivity index (χ1v) is 7.61. The number of benzene rings is 1. The van der Waals surface area contributed by atoms with Crippen LogP contribution in [-0.4, -0.2) is 14.2 Å². The molecule has 4 heteroatoms. The number of hydrogen-bond donors (Lipinski definition) is 0. The van der Waals surface area contributed by atoms with Crippen LogP contribution >= 0.6 is 11.6 Å². The molecule has 0 aliphatic carbocycles. The van der Waals surface area contributed by atoms with Crippen molar-refractivity contribution in [2.45, 2.75) is 26.2 Å². The summed E-state index contributed by atoms with van der Waals surface area (Å²) < 4.78 is 16.6. The van der Waals surface area contributed by atoms with Crippen LogP contribution in [-0.2, 0) is 0 Å². The maximum Gasteiger partial charge on any atom is 0.141 e. The van der Waals surface area contributed by atoms with Gasteiger partial charge in [0.05, 0.1) is 14.2 Å². The van der Waals surface area contributed by atoms with Gasteiger partial charge in [-0.3, -0.25) is 0 Å². The number of hydrogen-bond acceptors (Lipinski definition) is 3. The molecule has 0 amide bonds. The highest BCUT2D eigenvalue weighted by Gasteiger charge is 2.15. The van der Waals surface area contributed by atoms with Crippen molar-refractivity contribution in [2.75, 3.05) is 14.2 Å². The minimum absolute atomic E-state index is 0.334. The highest BCUT2D eigenvalue weighted by atomic mass is 35.5. The van der Waals surface area contributed by atoms with Gasteiger partial charge in [-0.2, -0.15) is 0 Å². The predicted octanol–water partition coefficient (Wildman–Crippen LogP) is 5.69. The molecule has 1 unspecified atom stereocenters. The SMILES string of the molecule is C/C=C\CC(C)c1ccc(-c2cc(OC)c(Cl)c(OC)c2)o1. The summed E-state index contributed by atoms with van der Waals surface area (Å²) in [5.74, 6) is 3.20. The zero-order chi connectivity index (χ0) is 16.1. The first kappa shape index (κ1) is 16.5. The monoisotopic (exact) mass is 320 g/mol. The Morgan fingerprint density at radius 2 is 1.82 bits per heavy atom. The van der Waals surface area contributed by atoms with Gasteiger partial charge in [0.2, 0.25) is 0 Å². The van der Waals surface area contributed by atoms with E-state index in [1.807, 2.05) is 31.2 Å². The van der Waals surface area contributed by atoms with Crippen molar-refractivity contribution >= 4 is 11.6 Å². The van der Waals surface area contributed by atoms with Gasteiger partial charge in [-0.1, -0.05) is 30.7 Å². The van der Waals surface area contributed by atoms with Crippen LogP contribution < -0.4 is 9.47 Å². The largest absolute Gasteiger partial charge is 0.495 e. The predicted molar refractivity (Wildman–Crippen MR) is 90.1 cm³/mol. The number of rotatable bonds is 6. The highest BCUT2D eigenvalue weighted by molar-refractivity contribution is 6.33. The van der Waals surface area contributed by atoms with Crippen LogP contribution in [0.4, 0.5) is 0 Å². The summed E-state index contributed by atoms with van der Waals surface area (Å²) in [5, 5.41) is 0.460. The molecule has 118 valence electrons. The molecule has 0 fully saturated rings. The Hall–Kier alpha value is -1.87. The van der Waals surface area contributed by atoms with E-state index in [-0.39, 0.29) is 0 Å². The van der Waals surface area contributed by atoms with E-state index in [0.29, 0.717) is 22.4 Å². The van der Waals surface area contributed by atoms with Crippen molar-refractivity contribution in [3.05, 3.63) is 47.2 Å². The van der Waals surface area contributed by atoms with E-state index in [4.69, 9.17) is 25.5 Å². The zero-order valence-electron chi connectivity index (χ0n) is 13.4. The molecule has 1 atom stereocenters. The third-order valence-corrected chi connectivity index (χ3v) is 3.94. The molecular formula is C18H21ClO3. The lowest BCUT2D eigenvalue weighted by atomic mass is 10.1. The molecule has 0 saturated carbocycles. The van der Waals surface area contributed by atoms with Gasteiger partial charge in [-0.25, -0.2) is 0 Å². The van der Waals surface area contributed by atoms with E-state index in [0.717, 1.165) is 23.5 Å². The van der Waals surface area contributed by atoms with Crippen LogP contribution in [0, 0.1) is 0 Å².